The van der Waals surface area contributed by atoms with Crippen LogP contribution in [0.1, 0.15) is 6.92 Å². The van der Waals surface area contributed by atoms with E-state index in [4.69, 9.17) is 10.4 Å². The quantitative estimate of drug-likeness (QED) is 0.269. The maximum absolute atomic E-state index is 8.17. The van der Waals surface area contributed by atoms with Crippen LogP contribution >= 0.6 is 0 Å². The van der Waals surface area contributed by atoms with Crippen LogP contribution in [0.5, 0.6) is 0 Å². The Balaban J connectivity index is 3.61. The average molecular weight is 83.1 g/mol. The van der Waals surface area contributed by atoms with E-state index >= 15 is 0 Å². The summed E-state index contributed by atoms with van der Waals surface area (Å²) in [6.45, 7) is 1.60. The Morgan fingerprint density at radius 2 is 2.50 bits per heavy atom. The van der Waals surface area contributed by atoms with Crippen LogP contribution in [0.2, 0.25) is 0 Å². The third kappa shape index (κ3) is 1.36. The largest absolute Gasteiger partial charge is 0.500 e. The normalized spacial score (nSPS) is 10.3. The van der Waals surface area contributed by atoms with Gasteiger partial charge in [-0.15, -0.1) is 0 Å². The van der Waals surface area contributed by atoms with Crippen molar-refractivity contribution in [3.05, 3.63) is 11.8 Å². The second-order valence-electron chi connectivity index (χ2n) is 0.786. The molecule has 0 saturated carbocycles. The van der Waals surface area contributed by atoms with Gasteiger partial charge in [-0.2, -0.15) is 5.26 Å². The molecule has 0 aliphatic rings. The van der Waals surface area contributed by atoms with Gasteiger partial charge in [0.1, 0.15) is 6.07 Å². The second-order valence-corrected chi connectivity index (χ2v) is 0.786. The average Bonchev–Trinajstić information content (AvgIpc) is 1.65. The van der Waals surface area contributed by atoms with Crippen LogP contribution in [0, 0.1) is 11.3 Å². The Morgan fingerprint density at radius 3 is 2.50 bits per heavy atom. The molecular weight excluding hydrogens is 78.1 g/mol. The molecule has 0 amide bonds. The van der Waals surface area contributed by atoms with E-state index in [1.165, 1.54) is 12.1 Å². The molecule has 0 aromatic carbocycles. The van der Waals surface area contributed by atoms with Crippen LogP contribution in [0.15, 0.2) is 11.8 Å². The Labute approximate surface area is 36.3 Å². The molecule has 0 radical (unpaired) electrons. The Bertz CT molecular complexity index is 98.6. The first-order valence-electron chi connectivity index (χ1n) is 1.56. The van der Waals surface area contributed by atoms with Crippen molar-refractivity contribution < 1.29 is 5.11 Å². The van der Waals surface area contributed by atoms with Gasteiger partial charge in [0, 0.05) is 0 Å². The van der Waals surface area contributed by atoms with Crippen LogP contribution < -0.4 is 0 Å². The van der Waals surface area contributed by atoms with Crippen molar-refractivity contribution in [3.8, 4) is 6.07 Å². The first kappa shape index (κ1) is 5.03. The van der Waals surface area contributed by atoms with E-state index in [-0.39, 0.29) is 5.76 Å². The highest BCUT2D eigenvalue weighted by Gasteiger charge is 1.75. The number of allylic oxidation sites excluding steroid dienone is 2. The highest BCUT2D eigenvalue weighted by molar-refractivity contribution is 5.08. The molecule has 0 rings (SSSR count). The van der Waals surface area contributed by atoms with Gasteiger partial charge in [-0.3, -0.25) is 0 Å². The molecule has 0 spiro atoms. The standard InChI is InChI=1S/C4H5NO/c1-2-4(6)3-5/h2,6H,1H3. The number of nitriles is 1. The SMILES string of the molecule is CC=C(O)C#N. The van der Waals surface area contributed by atoms with Crippen LogP contribution in [-0.4, -0.2) is 5.11 Å². The molecule has 0 heterocycles. The molecule has 0 saturated heterocycles. The molecule has 0 aromatic rings. The zero-order valence-corrected chi connectivity index (χ0v) is 3.47. The molecule has 0 aliphatic carbocycles. The molecule has 0 aromatic heterocycles. The van der Waals surface area contributed by atoms with Gasteiger partial charge in [0.25, 0.3) is 0 Å². The predicted molar refractivity (Wildman–Crippen MR) is 22.0 cm³/mol. The third-order valence-corrected chi connectivity index (χ3v) is 0.388. The fraction of sp³-hybridized carbons (Fsp3) is 0.250. The minimum atomic E-state index is -0.227. The fourth-order valence-electron chi connectivity index (χ4n) is 0.0645. The summed E-state index contributed by atoms with van der Waals surface area (Å²) < 4.78 is 0. The molecule has 0 aliphatic heterocycles. The summed E-state index contributed by atoms with van der Waals surface area (Å²) >= 11 is 0. The van der Waals surface area contributed by atoms with Crippen molar-refractivity contribution in [2.24, 2.45) is 0 Å². The van der Waals surface area contributed by atoms with Crippen LogP contribution in [0.4, 0.5) is 0 Å². The number of rotatable bonds is 0. The van der Waals surface area contributed by atoms with Crippen molar-refractivity contribution in [3.63, 3.8) is 0 Å². The van der Waals surface area contributed by atoms with Gasteiger partial charge in [0.15, 0.2) is 5.76 Å². The summed E-state index contributed by atoms with van der Waals surface area (Å²) in [6.07, 6.45) is 1.33. The summed E-state index contributed by atoms with van der Waals surface area (Å²) in [5, 5.41) is 15.9. The minimum absolute atomic E-state index is 0.227. The maximum Gasteiger partial charge on any atom is 0.190 e. The molecular formula is C4H5NO. The van der Waals surface area contributed by atoms with E-state index in [1.807, 2.05) is 0 Å². The molecule has 1 N–H and O–H groups in total. The Kier molecular flexibility index (Phi) is 1.91. The Morgan fingerprint density at radius 1 is 2.00 bits per heavy atom. The molecule has 0 fully saturated rings. The highest BCUT2D eigenvalue weighted by Crippen LogP contribution is 1.77. The summed E-state index contributed by atoms with van der Waals surface area (Å²) in [4.78, 5) is 0. The first-order valence-corrected chi connectivity index (χ1v) is 1.56. The lowest BCUT2D eigenvalue weighted by atomic mass is 10.5. The summed E-state index contributed by atoms with van der Waals surface area (Å²) in [5.74, 6) is -0.227. The van der Waals surface area contributed by atoms with Crippen molar-refractivity contribution in [1.82, 2.24) is 0 Å². The molecule has 2 heteroatoms. The third-order valence-electron chi connectivity index (χ3n) is 0.388. The number of aliphatic hydroxyl groups excluding tert-OH is 1. The summed E-state index contributed by atoms with van der Waals surface area (Å²) in [7, 11) is 0. The van der Waals surface area contributed by atoms with Gasteiger partial charge in [-0.1, -0.05) is 0 Å². The zero-order chi connectivity index (χ0) is 4.99. The van der Waals surface area contributed by atoms with Crippen LogP contribution in [0.3, 0.4) is 0 Å². The number of hydrogen-bond acceptors (Lipinski definition) is 2. The van der Waals surface area contributed by atoms with Crippen LogP contribution in [0.25, 0.3) is 0 Å². The number of hydrogen-bond donors (Lipinski definition) is 1. The van der Waals surface area contributed by atoms with Gasteiger partial charge in [0.2, 0.25) is 0 Å². The molecule has 6 heavy (non-hydrogen) atoms. The van der Waals surface area contributed by atoms with Gasteiger partial charge < -0.3 is 5.11 Å². The maximum atomic E-state index is 8.17. The van der Waals surface area contributed by atoms with Crippen molar-refractivity contribution in [2.75, 3.05) is 0 Å². The molecule has 0 bridgehead atoms. The predicted octanol–water partition coefficient (Wildman–Crippen LogP) is 0.972. The van der Waals surface area contributed by atoms with Crippen molar-refractivity contribution >= 4 is 0 Å². The van der Waals surface area contributed by atoms with E-state index in [9.17, 15) is 0 Å². The van der Waals surface area contributed by atoms with E-state index < -0.39 is 0 Å². The number of aliphatic hydroxyl groups is 1. The van der Waals surface area contributed by atoms with Crippen molar-refractivity contribution in [2.45, 2.75) is 6.92 Å². The topological polar surface area (TPSA) is 44.0 Å². The van der Waals surface area contributed by atoms with Gasteiger partial charge in [0.05, 0.1) is 0 Å². The highest BCUT2D eigenvalue weighted by atomic mass is 16.3. The van der Waals surface area contributed by atoms with Gasteiger partial charge >= 0.3 is 0 Å². The zero-order valence-electron chi connectivity index (χ0n) is 3.47. The van der Waals surface area contributed by atoms with E-state index in [2.05, 4.69) is 0 Å². The van der Waals surface area contributed by atoms with E-state index in [0.29, 0.717) is 0 Å². The minimum Gasteiger partial charge on any atom is -0.500 e. The summed E-state index contributed by atoms with van der Waals surface area (Å²) in [5.41, 5.74) is 0. The monoisotopic (exact) mass is 83.0 g/mol. The van der Waals surface area contributed by atoms with Gasteiger partial charge in [-0.25, -0.2) is 0 Å². The lowest BCUT2D eigenvalue weighted by molar-refractivity contribution is 0.435. The smallest absolute Gasteiger partial charge is 0.190 e. The van der Waals surface area contributed by atoms with Crippen LogP contribution in [-0.2, 0) is 0 Å². The van der Waals surface area contributed by atoms with Crippen molar-refractivity contribution in [1.29, 1.82) is 5.26 Å². The second kappa shape index (κ2) is 2.28. The molecule has 0 atom stereocenters. The first-order chi connectivity index (χ1) is 2.81. The van der Waals surface area contributed by atoms with E-state index in [1.54, 1.807) is 6.92 Å². The fourth-order valence-corrected chi connectivity index (χ4v) is 0.0645. The lowest BCUT2D eigenvalue weighted by Crippen LogP contribution is -1.66. The Hall–Kier alpha value is -0.970. The van der Waals surface area contributed by atoms with Gasteiger partial charge in [-0.05, 0) is 13.0 Å². The lowest BCUT2D eigenvalue weighted by Gasteiger charge is -1.71. The number of nitrogens with zero attached hydrogens (tertiary/aromatic N) is 1. The summed E-state index contributed by atoms with van der Waals surface area (Å²) in [6, 6.07) is 1.53. The van der Waals surface area contributed by atoms with E-state index in [0.717, 1.165) is 0 Å². The molecule has 0 unspecified atom stereocenters. The molecule has 2 nitrogen and oxygen atoms in total. The molecule has 32 valence electrons.